The molecule has 0 aliphatic heterocycles. The van der Waals surface area contributed by atoms with Gasteiger partial charge in [-0.05, 0) is 18.7 Å². The molecule has 13 heavy (non-hydrogen) atoms. The summed E-state index contributed by atoms with van der Waals surface area (Å²) in [7, 11) is 0. The van der Waals surface area contributed by atoms with Gasteiger partial charge in [-0.25, -0.2) is 0 Å². The Hall–Kier alpha value is -1.40. The molecule has 1 heterocycles. The molecule has 0 atom stereocenters. The number of aromatic nitrogens is 1. The van der Waals surface area contributed by atoms with Crippen LogP contribution in [-0.4, -0.2) is 18.1 Å². The van der Waals surface area contributed by atoms with Gasteiger partial charge in [0.15, 0.2) is 0 Å². The van der Waals surface area contributed by atoms with Crippen LogP contribution in [0.15, 0.2) is 18.3 Å². The number of rotatable bonds is 4. The van der Waals surface area contributed by atoms with E-state index in [0.717, 1.165) is 25.2 Å². The average molecular weight is 175 g/mol. The number of likely N-dealkylation sites (N-methyl/N-ethyl adjacent to an activating group) is 1. The summed E-state index contributed by atoms with van der Waals surface area (Å²) in [6.07, 6.45) is 2.56. The van der Waals surface area contributed by atoms with Crippen LogP contribution in [0.3, 0.4) is 0 Å². The molecule has 0 saturated heterocycles. The molecule has 0 fully saturated rings. The monoisotopic (exact) mass is 175 g/mol. The Morgan fingerprint density at radius 2 is 2.46 bits per heavy atom. The second kappa shape index (κ2) is 5.28. The minimum Gasteiger partial charge on any atom is -0.317 e. The molecule has 0 aliphatic rings. The van der Waals surface area contributed by atoms with E-state index in [1.54, 1.807) is 12.3 Å². The van der Waals surface area contributed by atoms with E-state index in [0.29, 0.717) is 5.56 Å². The van der Waals surface area contributed by atoms with Crippen LogP contribution in [0.5, 0.6) is 0 Å². The van der Waals surface area contributed by atoms with Gasteiger partial charge in [0.05, 0.1) is 11.6 Å². The Morgan fingerprint density at radius 3 is 3.15 bits per heavy atom. The maximum absolute atomic E-state index is 8.64. The molecule has 1 N–H and O–H groups in total. The maximum atomic E-state index is 8.64. The van der Waals surface area contributed by atoms with Crippen LogP contribution in [0.25, 0.3) is 0 Å². The van der Waals surface area contributed by atoms with Gasteiger partial charge in [0.2, 0.25) is 0 Å². The number of nitrogens with zero attached hydrogens (tertiary/aromatic N) is 2. The molecule has 1 aromatic heterocycles. The highest BCUT2D eigenvalue weighted by Crippen LogP contribution is 2.00. The zero-order chi connectivity index (χ0) is 9.52. The standard InChI is InChI=1S/C10H13N3/c1-2-12-5-4-10-7-9(8-11)3-6-13-10/h3,6-7,12H,2,4-5H2,1H3. The highest BCUT2D eigenvalue weighted by Gasteiger charge is 1.95. The minimum atomic E-state index is 0.682. The van der Waals surface area contributed by atoms with Gasteiger partial charge >= 0.3 is 0 Å². The molecule has 0 unspecified atom stereocenters. The van der Waals surface area contributed by atoms with Crippen LogP contribution in [-0.2, 0) is 6.42 Å². The molecule has 3 nitrogen and oxygen atoms in total. The zero-order valence-electron chi connectivity index (χ0n) is 7.75. The Morgan fingerprint density at radius 1 is 1.62 bits per heavy atom. The lowest BCUT2D eigenvalue weighted by molar-refractivity contribution is 0.708. The van der Waals surface area contributed by atoms with Crippen LogP contribution in [0.1, 0.15) is 18.2 Å². The minimum absolute atomic E-state index is 0.682. The molecular formula is C10H13N3. The van der Waals surface area contributed by atoms with Gasteiger partial charge in [0.1, 0.15) is 0 Å². The normalized spacial score (nSPS) is 9.54. The van der Waals surface area contributed by atoms with Crippen molar-refractivity contribution in [3.05, 3.63) is 29.6 Å². The predicted molar refractivity (Wildman–Crippen MR) is 51.2 cm³/mol. The lowest BCUT2D eigenvalue weighted by atomic mass is 10.2. The second-order valence-electron chi connectivity index (χ2n) is 2.75. The van der Waals surface area contributed by atoms with Crippen LogP contribution in [0, 0.1) is 11.3 Å². The molecule has 0 amide bonds. The smallest absolute Gasteiger partial charge is 0.0992 e. The van der Waals surface area contributed by atoms with Gasteiger partial charge in [0, 0.05) is 24.9 Å². The number of nitriles is 1. The van der Waals surface area contributed by atoms with Crippen molar-refractivity contribution in [1.29, 1.82) is 5.26 Å². The Kier molecular flexibility index (Phi) is 3.94. The van der Waals surface area contributed by atoms with Gasteiger partial charge in [-0.3, -0.25) is 4.98 Å². The first kappa shape index (κ1) is 9.69. The largest absolute Gasteiger partial charge is 0.317 e. The van der Waals surface area contributed by atoms with Gasteiger partial charge in [-0.2, -0.15) is 5.26 Å². The van der Waals surface area contributed by atoms with Crippen molar-refractivity contribution in [3.63, 3.8) is 0 Å². The quantitative estimate of drug-likeness (QED) is 0.697. The SMILES string of the molecule is CCNCCc1cc(C#N)ccn1. The van der Waals surface area contributed by atoms with Crippen LogP contribution < -0.4 is 5.32 Å². The summed E-state index contributed by atoms with van der Waals surface area (Å²) in [6, 6.07) is 5.65. The summed E-state index contributed by atoms with van der Waals surface area (Å²) in [5.74, 6) is 0. The van der Waals surface area contributed by atoms with Gasteiger partial charge in [-0.1, -0.05) is 6.92 Å². The fourth-order valence-corrected chi connectivity index (χ4v) is 1.08. The molecule has 0 saturated carbocycles. The van der Waals surface area contributed by atoms with E-state index in [1.807, 2.05) is 6.07 Å². The zero-order valence-corrected chi connectivity index (χ0v) is 7.75. The van der Waals surface area contributed by atoms with Crippen molar-refractivity contribution in [2.24, 2.45) is 0 Å². The number of hydrogen-bond acceptors (Lipinski definition) is 3. The molecule has 1 rings (SSSR count). The predicted octanol–water partition coefficient (Wildman–Crippen LogP) is 1.11. The summed E-state index contributed by atoms with van der Waals surface area (Å²) >= 11 is 0. The molecule has 3 heteroatoms. The molecule has 0 radical (unpaired) electrons. The van der Waals surface area contributed by atoms with E-state index in [9.17, 15) is 0 Å². The Bertz CT molecular complexity index is 301. The number of hydrogen-bond donors (Lipinski definition) is 1. The van der Waals surface area contributed by atoms with Crippen molar-refractivity contribution < 1.29 is 0 Å². The first-order valence-corrected chi connectivity index (χ1v) is 4.42. The molecule has 68 valence electrons. The summed E-state index contributed by atoms with van der Waals surface area (Å²) in [4.78, 5) is 4.17. The lowest BCUT2D eigenvalue weighted by Crippen LogP contribution is -2.16. The van der Waals surface area contributed by atoms with E-state index in [2.05, 4.69) is 23.3 Å². The third kappa shape index (κ3) is 3.22. The van der Waals surface area contributed by atoms with Crippen LogP contribution in [0.4, 0.5) is 0 Å². The fraction of sp³-hybridized carbons (Fsp3) is 0.400. The lowest BCUT2D eigenvalue weighted by Gasteiger charge is -2.00. The van der Waals surface area contributed by atoms with Gasteiger partial charge < -0.3 is 5.32 Å². The Labute approximate surface area is 78.4 Å². The first-order chi connectivity index (χ1) is 6.36. The number of pyridine rings is 1. The number of nitrogens with one attached hydrogen (secondary N) is 1. The topological polar surface area (TPSA) is 48.7 Å². The van der Waals surface area contributed by atoms with E-state index >= 15 is 0 Å². The van der Waals surface area contributed by atoms with Gasteiger partial charge in [-0.15, -0.1) is 0 Å². The summed E-state index contributed by atoms with van der Waals surface area (Å²) in [5, 5.41) is 11.9. The second-order valence-corrected chi connectivity index (χ2v) is 2.75. The van der Waals surface area contributed by atoms with Crippen molar-refractivity contribution in [2.45, 2.75) is 13.3 Å². The summed E-state index contributed by atoms with van der Waals surface area (Å²) in [6.45, 7) is 3.95. The Balaban J connectivity index is 2.52. The van der Waals surface area contributed by atoms with E-state index in [4.69, 9.17) is 5.26 Å². The van der Waals surface area contributed by atoms with Crippen molar-refractivity contribution >= 4 is 0 Å². The van der Waals surface area contributed by atoms with Gasteiger partial charge in [0.25, 0.3) is 0 Å². The summed E-state index contributed by atoms with van der Waals surface area (Å²) < 4.78 is 0. The molecule has 0 aromatic carbocycles. The highest BCUT2D eigenvalue weighted by atomic mass is 14.8. The van der Waals surface area contributed by atoms with E-state index in [1.165, 1.54) is 0 Å². The van der Waals surface area contributed by atoms with Crippen molar-refractivity contribution in [1.82, 2.24) is 10.3 Å². The molecule has 0 bridgehead atoms. The fourth-order valence-electron chi connectivity index (χ4n) is 1.08. The third-order valence-corrected chi connectivity index (χ3v) is 1.75. The molecule has 0 aliphatic carbocycles. The van der Waals surface area contributed by atoms with E-state index in [-0.39, 0.29) is 0 Å². The molecular weight excluding hydrogens is 162 g/mol. The molecule has 1 aromatic rings. The maximum Gasteiger partial charge on any atom is 0.0992 e. The van der Waals surface area contributed by atoms with E-state index < -0.39 is 0 Å². The van der Waals surface area contributed by atoms with Crippen LogP contribution >= 0.6 is 0 Å². The van der Waals surface area contributed by atoms with Crippen molar-refractivity contribution in [3.8, 4) is 6.07 Å². The third-order valence-electron chi connectivity index (χ3n) is 1.75. The van der Waals surface area contributed by atoms with Crippen LogP contribution in [0.2, 0.25) is 0 Å². The average Bonchev–Trinajstić information content (AvgIpc) is 2.19. The molecule has 0 spiro atoms. The summed E-state index contributed by atoms with van der Waals surface area (Å²) in [5.41, 5.74) is 1.65. The highest BCUT2D eigenvalue weighted by molar-refractivity contribution is 5.28. The first-order valence-electron chi connectivity index (χ1n) is 4.42. The van der Waals surface area contributed by atoms with Crippen molar-refractivity contribution in [2.75, 3.05) is 13.1 Å².